The molecule has 0 radical (unpaired) electrons. The van der Waals surface area contributed by atoms with Crippen molar-refractivity contribution in [1.82, 2.24) is 5.16 Å². The summed E-state index contributed by atoms with van der Waals surface area (Å²) in [4.78, 5) is 13.8. The summed E-state index contributed by atoms with van der Waals surface area (Å²) in [6.07, 6.45) is 0.121. The summed E-state index contributed by atoms with van der Waals surface area (Å²) in [6, 6.07) is 0. The number of hydrogen-bond acceptors (Lipinski definition) is 4. The normalized spacial score (nSPS) is 11.0. The van der Waals surface area contributed by atoms with Gasteiger partial charge in [0.2, 0.25) is 0 Å². The topological polar surface area (TPSA) is 112 Å². The average Bonchev–Trinajstić information content (AvgIpc) is 2.44. The highest BCUT2D eigenvalue weighted by molar-refractivity contribution is 5.96. The Balaban J connectivity index is 3.13. The molecular weight excluding hydrogens is 212 g/mol. The molecule has 0 aliphatic rings. The van der Waals surface area contributed by atoms with Gasteiger partial charge >= 0.3 is 0 Å². The van der Waals surface area contributed by atoms with Crippen LogP contribution in [0.25, 0.3) is 10.4 Å². The Kier molecular flexibility index (Phi) is 3.31. The number of aliphatic hydroxyl groups is 1. The second kappa shape index (κ2) is 4.34. The van der Waals surface area contributed by atoms with E-state index >= 15 is 0 Å². The molecule has 1 amide bonds. The van der Waals surface area contributed by atoms with Crippen LogP contribution in [0.4, 0.5) is 0 Å². The van der Waals surface area contributed by atoms with Crippen LogP contribution < -0.4 is 0 Å². The van der Waals surface area contributed by atoms with Crippen LogP contribution in [0, 0.1) is 6.92 Å². The third-order valence-electron chi connectivity index (χ3n) is 1.88. The second-order valence-corrected chi connectivity index (χ2v) is 4.05. The number of rotatable bonds is 3. The zero-order chi connectivity index (χ0) is 12.3. The highest BCUT2D eigenvalue weighted by atomic mass is 16.5. The molecule has 0 spiro atoms. The summed E-state index contributed by atoms with van der Waals surface area (Å²) in [5, 5.41) is 16.2. The highest BCUT2D eigenvalue weighted by Crippen LogP contribution is 2.20. The van der Waals surface area contributed by atoms with Gasteiger partial charge in [0, 0.05) is 11.3 Å². The molecule has 7 heteroatoms. The van der Waals surface area contributed by atoms with E-state index in [1.54, 1.807) is 20.8 Å². The SMILES string of the molecule is Cc1noc(CC(C)(C)O)c1C(=O)N=[N+]=[N-]. The van der Waals surface area contributed by atoms with Gasteiger partial charge in [-0.2, -0.15) is 0 Å². The van der Waals surface area contributed by atoms with Gasteiger partial charge in [-0.05, 0) is 31.4 Å². The maximum absolute atomic E-state index is 11.4. The minimum atomic E-state index is -1.03. The molecule has 0 unspecified atom stereocenters. The Labute approximate surface area is 91.7 Å². The van der Waals surface area contributed by atoms with Crippen LogP contribution in [0.3, 0.4) is 0 Å². The summed E-state index contributed by atoms with van der Waals surface area (Å²) in [6.45, 7) is 4.72. The summed E-state index contributed by atoms with van der Waals surface area (Å²) < 4.78 is 4.92. The van der Waals surface area contributed by atoms with Crippen molar-refractivity contribution in [2.75, 3.05) is 0 Å². The number of carbonyl (C=O) groups is 1. The third-order valence-corrected chi connectivity index (χ3v) is 1.88. The Morgan fingerprint density at radius 1 is 1.69 bits per heavy atom. The van der Waals surface area contributed by atoms with Gasteiger partial charge in [-0.25, -0.2) is 0 Å². The summed E-state index contributed by atoms with van der Waals surface area (Å²) in [5.74, 6) is -0.525. The lowest BCUT2D eigenvalue weighted by atomic mass is 10.0. The lowest BCUT2D eigenvalue weighted by Crippen LogP contribution is -2.22. The third kappa shape index (κ3) is 2.82. The average molecular weight is 224 g/mol. The van der Waals surface area contributed by atoms with E-state index in [-0.39, 0.29) is 17.7 Å². The number of aromatic nitrogens is 1. The number of carbonyl (C=O) groups excluding carboxylic acids is 1. The molecule has 1 aromatic rings. The maximum atomic E-state index is 11.4. The first-order valence-electron chi connectivity index (χ1n) is 4.62. The smallest absolute Gasteiger partial charge is 0.254 e. The second-order valence-electron chi connectivity index (χ2n) is 4.05. The molecule has 1 aromatic heterocycles. The predicted molar refractivity (Wildman–Crippen MR) is 54.7 cm³/mol. The molecule has 86 valence electrons. The lowest BCUT2D eigenvalue weighted by molar-refractivity contribution is 0.0728. The van der Waals surface area contributed by atoms with E-state index in [1.807, 2.05) is 0 Å². The molecule has 0 fully saturated rings. The molecule has 16 heavy (non-hydrogen) atoms. The van der Waals surface area contributed by atoms with E-state index in [9.17, 15) is 9.90 Å². The molecule has 0 aliphatic carbocycles. The molecule has 0 aliphatic heterocycles. The van der Waals surface area contributed by atoms with Crippen LogP contribution in [0.2, 0.25) is 0 Å². The summed E-state index contributed by atoms with van der Waals surface area (Å²) in [7, 11) is 0. The minimum absolute atomic E-state index is 0.121. The summed E-state index contributed by atoms with van der Waals surface area (Å²) >= 11 is 0. The molecule has 0 atom stereocenters. The van der Waals surface area contributed by atoms with Gasteiger partial charge in [0.15, 0.2) is 5.76 Å². The molecule has 7 nitrogen and oxygen atoms in total. The van der Waals surface area contributed by atoms with Crippen LogP contribution in [-0.2, 0) is 6.42 Å². The number of amides is 1. The zero-order valence-electron chi connectivity index (χ0n) is 9.26. The minimum Gasteiger partial charge on any atom is -0.390 e. The van der Waals surface area contributed by atoms with Crippen molar-refractivity contribution in [3.63, 3.8) is 0 Å². The van der Waals surface area contributed by atoms with E-state index in [2.05, 4.69) is 15.2 Å². The first-order valence-corrected chi connectivity index (χ1v) is 4.62. The van der Waals surface area contributed by atoms with Gasteiger partial charge in [0.05, 0.1) is 16.9 Å². The van der Waals surface area contributed by atoms with Gasteiger partial charge in [-0.15, -0.1) is 0 Å². The van der Waals surface area contributed by atoms with E-state index in [0.29, 0.717) is 5.69 Å². The number of nitrogens with zero attached hydrogens (tertiary/aromatic N) is 4. The quantitative estimate of drug-likeness (QED) is 0.478. The van der Waals surface area contributed by atoms with Crippen molar-refractivity contribution in [3.05, 3.63) is 27.5 Å². The summed E-state index contributed by atoms with van der Waals surface area (Å²) in [5.41, 5.74) is 7.63. The number of azide groups is 1. The highest BCUT2D eigenvalue weighted by Gasteiger charge is 2.24. The molecule has 1 heterocycles. The number of hydrogen-bond donors (Lipinski definition) is 1. The van der Waals surface area contributed by atoms with E-state index in [1.165, 1.54) is 0 Å². The van der Waals surface area contributed by atoms with Crippen molar-refractivity contribution in [2.24, 2.45) is 5.11 Å². The monoisotopic (exact) mass is 224 g/mol. The molecule has 0 saturated carbocycles. The Hall–Kier alpha value is -1.85. The van der Waals surface area contributed by atoms with Crippen LogP contribution in [0.1, 0.15) is 35.7 Å². The van der Waals surface area contributed by atoms with Crippen molar-refractivity contribution in [1.29, 1.82) is 0 Å². The molecule has 1 N–H and O–H groups in total. The van der Waals surface area contributed by atoms with Crippen molar-refractivity contribution < 1.29 is 14.4 Å². The zero-order valence-corrected chi connectivity index (χ0v) is 9.26. The van der Waals surface area contributed by atoms with Crippen LogP contribution in [0.5, 0.6) is 0 Å². The van der Waals surface area contributed by atoms with Crippen LogP contribution in [0.15, 0.2) is 9.64 Å². The van der Waals surface area contributed by atoms with Gasteiger partial charge in [0.25, 0.3) is 5.91 Å². The molecular formula is C9H12N4O3. The van der Waals surface area contributed by atoms with Gasteiger partial charge in [-0.1, -0.05) is 5.16 Å². The van der Waals surface area contributed by atoms with E-state index in [4.69, 9.17) is 10.1 Å². The van der Waals surface area contributed by atoms with Gasteiger partial charge in [0.1, 0.15) is 0 Å². The van der Waals surface area contributed by atoms with Crippen LogP contribution >= 0.6 is 0 Å². The Morgan fingerprint density at radius 3 is 2.81 bits per heavy atom. The molecule has 1 rings (SSSR count). The number of aryl methyl sites for hydroxylation is 1. The predicted octanol–water partition coefficient (Wildman–Crippen LogP) is 1.75. The standard InChI is InChI=1S/C9H12N4O3/c1-5-7(8(14)11-13-10)6(16-12-5)4-9(2,3)15/h15H,4H2,1-3H3. The van der Waals surface area contributed by atoms with E-state index < -0.39 is 11.5 Å². The Bertz CT molecular complexity index is 452. The van der Waals surface area contributed by atoms with Crippen molar-refractivity contribution in [3.8, 4) is 0 Å². The fourth-order valence-corrected chi connectivity index (χ4v) is 1.29. The van der Waals surface area contributed by atoms with Gasteiger partial charge in [-0.3, -0.25) is 4.79 Å². The molecule has 0 bridgehead atoms. The Morgan fingerprint density at radius 2 is 2.31 bits per heavy atom. The van der Waals surface area contributed by atoms with E-state index in [0.717, 1.165) is 0 Å². The molecule has 0 aromatic carbocycles. The maximum Gasteiger partial charge on any atom is 0.254 e. The lowest BCUT2D eigenvalue weighted by Gasteiger charge is -2.14. The largest absolute Gasteiger partial charge is 0.390 e. The van der Waals surface area contributed by atoms with Crippen LogP contribution in [-0.4, -0.2) is 21.8 Å². The fourth-order valence-electron chi connectivity index (χ4n) is 1.29. The first kappa shape index (κ1) is 12.2. The molecule has 0 saturated heterocycles. The van der Waals surface area contributed by atoms with Crippen molar-refractivity contribution >= 4 is 5.91 Å². The fraction of sp³-hybridized carbons (Fsp3) is 0.556. The first-order chi connectivity index (χ1) is 7.35. The van der Waals surface area contributed by atoms with Gasteiger partial charge < -0.3 is 9.63 Å². The van der Waals surface area contributed by atoms with Crippen molar-refractivity contribution in [2.45, 2.75) is 32.8 Å².